The third kappa shape index (κ3) is 5.68. The number of anilines is 1. The van der Waals surface area contributed by atoms with Crippen molar-refractivity contribution in [3.05, 3.63) is 65.7 Å². The summed E-state index contributed by atoms with van der Waals surface area (Å²) in [4.78, 5) is 17.5. The third-order valence-corrected chi connectivity index (χ3v) is 6.30. The second-order valence-corrected chi connectivity index (χ2v) is 8.31. The first kappa shape index (κ1) is 20.1. The number of carbonyl (C=O) groups excluding carboxylic acids is 1. The van der Waals surface area contributed by atoms with Crippen LogP contribution in [0.3, 0.4) is 0 Å². The van der Waals surface area contributed by atoms with Crippen molar-refractivity contribution < 1.29 is 9.53 Å². The Morgan fingerprint density at radius 1 is 0.897 bits per heavy atom. The fourth-order valence-electron chi connectivity index (χ4n) is 4.43. The average molecular weight is 393 g/mol. The van der Waals surface area contributed by atoms with Gasteiger partial charge in [0, 0.05) is 37.3 Å². The molecule has 4 heteroatoms. The fourth-order valence-corrected chi connectivity index (χ4v) is 4.43. The monoisotopic (exact) mass is 392 g/mol. The number of nitrogens with zero attached hydrogens (tertiary/aromatic N) is 2. The van der Waals surface area contributed by atoms with E-state index in [0.717, 1.165) is 57.9 Å². The van der Waals surface area contributed by atoms with Gasteiger partial charge >= 0.3 is 0 Å². The molecule has 2 aromatic carbocycles. The summed E-state index contributed by atoms with van der Waals surface area (Å²) in [6.45, 7) is 6.74. The predicted molar refractivity (Wildman–Crippen MR) is 117 cm³/mol. The summed E-state index contributed by atoms with van der Waals surface area (Å²) in [5, 5.41) is 0. The molecular weight excluding hydrogens is 360 g/mol. The molecule has 0 aliphatic carbocycles. The van der Waals surface area contributed by atoms with Crippen LogP contribution in [-0.4, -0.2) is 50.1 Å². The van der Waals surface area contributed by atoms with Gasteiger partial charge in [-0.25, -0.2) is 0 Å². The lowest BCUT2D eigenvalue weighted by Gasteiger charge is -2.32. The van der Waals surface area contributed by atoms with E-state index >= 15 is 0 Å². The molecule has 0 saturated carbocycles. The lowest BCUT2D eigenvalue weighted by atomic mass is 9.90. The number of piperidine rings is 1. The van der Waals surface area contributed by atoms with E-state index < -0.39 is 0 Å². The molecule has 154 valence electrons. The summed E-state index contributed by atoms with van der Waals surface area (Å²) in [6.07, 6.45) is 4.09. The van der Waals surface area contributed by atoms with Crippen LogP contribution >= 0.6 is 0 Å². The van der Waals surface area contributed by atoms with Gasteiger partial charge in [-0.1, -0.05) is 30.3 Å². The Labute approximate surface area is 174 Å². The molecule has 0 aromatic heterocycles. The number of Topliss-reactive ketones (excluding diaryl/α,β-unsaturated/α-hetero) is 1. The minimum Gasteiger partial charge on any atom is -0.378 e. The van der Waals surface area contributed by atoms with E-state index in [1.165, 1.54) is 24.1 Å². The Balaban J connectivity index is 1.20. The van der Waals surface area contributed by atoms with Gasteiger partial charge in [0.25, 0.3) is 0 Å². The standard InChI is InChI=1S/C25H32N2O2/c28-25(23-7-9-24(10-8-23)27-16-18-29-19-17-27)11-6-21-12-14-26(15-13-21)20-22-4-2-1-3-5-22/h1-5,7-10,21H,6,11-20H2. The minimum absolute atomic E-state index is 0.283. The van der Waals surface area contributed by atoms with Crippen molar-refractivity contribution >= 4 is 11.5 Å². The van der Waals surface area contributed by atoms with Crippen molar-refractivity contribution in [1.29, 1.82) is 0 Å². The first-order valence-electron chi connectivity index (χ1n) is 11.0. The Morgan fingerprint density at radius 2 is 1.59 bits per heavy atom. The van der Waals surface area contributed by atoms with Crippen molar-refractivity contribution in [2.45, 2.75) is 32.2 Å². The number of ketones is 1. The Bertz CT molecular complexity index is 761. The maximum Gasteiger partial charge on any atom is 0.162 e. The summed E-state index contributed by atoms with van der Waals surface area (Å²) < 4.78 is 5.41. The highest BCUT2D eigenvalue weighted by Gasteiger charge is 2.20. The SMILES string of the molecule is O=C(CCC1CCN(Cc2ccccc2)CC1)c1ccc(N2CCOCC2)cc1. The van der Waals surface area contributed by atoms with Crippen LogP contribution in [0.25, 0.3) is 0 Å². The number of morpholine rings is 1. The van der Waals surface area contributed by atoms with Crippen molar-refractivity contribution in [1.82, 2.24) is 4.90 Å². The van der Waals surface area contributed by atoms with Crippen LogP contribution in [0.4, 0.5) is 5.69 Å². The number of benzene rings is 2. The molecule has 4 nitrogen and oxygen atoms in total. The maximum absolute atomic E-state index is 12.6. The van der Waals surface area contributed by atoms with Crippen LogP contribution in [0.1, 0.15) is 41.6 Å². The van der Waals surface area contributed by atoms with Crippen LogP contribution in [0.2, 0.25) is 0 Å². The lowest BCUT2D eigenvalue weighted by molar-refractivity contribution is 0.0961. The number of hydrogen-bond donors (Lipinski definition) is 0. The highest BCUT2D eigenvalue weighted by Crippen LogP contribution is 2.24. The molecule has 4 rings (SSSR count). The van der Waals surface area contributed by atoms with Crippen molar-refractivity contribution in [3.8, 4) is 0 Å². The number of rotatable bonds is 7. The second kappa shape index (κ2) is 10.0. The van der Waals surface area contributed by atoms with E-state index in [-0.39, 0.29) is 5.78 Å². The van der Waals surface area contributed by atoms with E-state index in [9.17, 15) is 4.79 Å². The Kier molecular flexibility index (Phi) is 6.96. The van der Waals surface area contributed by atoms with E-state index in [4.69, 9.17) is 4.74 Å². The fraction of sp³-hybridized carbons (Fsp3) is 0.480. The second-order valence-electron chi connectivity index (χ2n) is 8.31. The minimum atomic E-state index is 0.283. The highest BCUT2D eigenvalue weighted by atomic mass is 16.5. The number of carbonyl (C=O) groups is 1. The largest absolute Gasteiger partial charge is 0.378 e. The zero-order valence-corrected chi connectivity index (χ0v) is 17.3. The third-order valence-electron chi connectivity index (χ3n) is 6.30. The molecule has 29 heavy (non-hydrogen) atoms. The van der Waals surface area contributed by atoms with Crippen LogP contribution in [0.5, 0.6) is 0 Å². The average Bonchev–Trinajstić information content (AvgIpc) is 2.80. The first-order valence-corrected chi connectivity index (χ1v) is 11.0. The molecule has 2 aliphatic heterocycles. The van der Waals surface area contributed by atoms with E-state index in [1.54, 1.807) is 0 Å². The van der Waals surface area contributed by atoms with Gasteiger partial charge in [-0.15, -0.1) is 0 Å². The molecular formula is C25H32N2O2. The highest BCUT2D eigenvalue weighted by molar-refractivity contribution is 5.96. The Morgan fingerprint density at radius 3 is 2.28 bits per heavy atom. The molecule has 0 atom stereocenters. The molecule has 2 saturated heterocycles. The summed E-state index contributed by atoms with van der Waals surface area (Å²) in [5.74, 6) is 0.962. The van der Waals surface area contributed by atoms with E-state index in [2.05, 4.69) is 52.3 Å². The zero-order chi connectivity index (χ0) is 19.9. The van der Waals surface area contributed by atoms with Gasteiger partial charge in [-0.05, 0) is 68.1 Å². The van der Waals surface area contributed by atoms with Crippen molar-refractivity contribution in [2.24, 2.45) is 5.92 Å². The van der Waals surface area contributed by atoms with Gasteiger partial charge < -0.3 is 9.64 Å². The van der Waals surface area contributed by atoms with Crippen LogP contribution < -0.4 is 4.90 Å². The van der Waals surface area contributed by atoms with Crippen LogP contribution in [0.15, 0.2) is 54.6 Å². The molecule has 0 spiro atoms. The van der Waals surface area contributed by atoms with Gasteiger partial charge in [-0.3, -0.25) is 9.69 Å². The summed E-state index contributed by atoms with van der Waals surface area (Å²) >= 11 is 0. The van der Waals surface area contributed by atoms with E-state index in [1.807, 2.05) is 12.1 Å². The van der Waals surface area contributed by atoms with Crippen LogP contribution in [-0.2, 0) is 11.3 Å². The molecule has 2 heterocycles. The molecule has 0 bridgehead atoms. The van der Waals surface area contributed by atoms with Crippen molar-refractivity contribution in [2.75, 3.05) is 44.3 Å². The lowest BCUT2D eigenvalue weighted by Crippen LogP contribution is -2.36. The van der Waals surface area contributed by atoms with E-state index in [0.29, 0.717) is 12.3 Å². The van der Waals surface area contributed by atoms with Crippen molar-refractivity contribution in [3.63, 3.8) is 0 Å². The summed E-state index contributed by atoms with van der Waals surface area (Å²) in [6, 6.07) is 18.9. The predicted octanol–water partition coefficient (Wildman–Crippen LogP) is 4.40. The Hall–Kier alpha value is -2.17. The normalized spacial score (nSPS) is 18.7. The smallest absolute Gasteiger partial charge is 0.162 e. The zero-order valence-electron chi connectivity index (χ0n) is 17.3. The molecule has 0 unspecified atom stereocenters. The number of ether oxygens (including phenoxy) is 1. The molecule has 0 N–H and O–H groups in total. The van der Waals surface area contributed by atoms with Gasteiger partial charge in [0.05, 0.1) is 13.2 Å². The summed E-state index contributed by atoms with van der Waals surface area (Å²) in [7, 11) is 0. The quantitative estimate of drug-likeness (QED) is 0.654. The van der Waals surface area contributed by atoms with Crippen LogP contribution in [0, 0.1) is 5.92 Å². The molecule has 2 fully saturated rings. The first-order chi connectivity index (χ1) is 14.3. The maximum atomic E-state index is 12.6. The molecule has 2 aliphatic rings. The number of hydrogen-bond acceptors (Lipinski definition) is 4. The van der Waals surface area contributed by atoms with Gasteiger partial charge in [0.2, 0.25) is 0 Å². The molecule has 0 radical (unpaired) electrons. The molecule has 0 amide bonds. The topological polar surface area (TPSA) is 32.8 Å². The molecule has 2 aromatic rings. The number of likely N-dealkylation sites (tertiary alicyclic amines) is 1. The summed E-state index contributed by atoms with van der Waals surface area (Å²) in [5.41, 5.74) is 3.43. The van der Waals surface area contributed by atoms with Gasteiger partial charge in [0.15, 0.2) is 5.78 Å². The van der Waals surface area contributed by atoms with Gasteiger partial charge in [-0.2, -0.15) is 0 Å². The van der Waals surface area contributed by atoms with Gasteiger partial charge in [0.1, 0.15) is 0 Å².